The highest BCUT2D eigenvalue weighted by molar-refractivity contribution is 6.17. The number of carbonyl (C=O) groups is 2. The van der Waals surface area contributed by atoms with Crippen LogP contribution in [0.3, 0.4) is 0 Å². The largest absolute Gasteiger partial charge is 0.321 e. The molecule has 0 saturated heterocycles. The molecule has 1 aromatic heterocycles. The van der Waals surface area contributed by atoms with Gasteiger partial charge >= 0.3 is 0 Å². The van der Waals surface area contributed by atoms with Crippen molar-refractivity contribution in [3.8, 4) is 45.1 Å². The Morgan fingerprint density at radius 2 is 1.24 bits per heavy atom. The quantitative estimate of drug-likeness (QED) is 0.173. The van der Waals surface area contributed by atoms with Crippen molar-refractivity contribution in [3.63, 3.8) is 0 Å². The molecule has 8 aromatic rings. The molecule has 0 fully saturated rings. The number of amides is 1. The number of hydrogen-bond donors (Lipinski definition) is 1. The van der Waals surface area contributed by atoms with Crippen molar-refractivity contribution in [3.05, 3.63) is 180 Å². The van der Waals surface area contributed by atoms with Crippen molar-refractivity contribution in [1.29, 1.82) is 5.26 Å². The Bertz CT molecular complexity index is 2670. The summed E-state index contributed by atoms with van der Waals surface area (Å²) in [6, 6.07) is 55.4. The van der Waals surface area contributed by atoms with E-state index >= 15 is 0 Å². The van der Waals surface area contributed by atoms with Crippen LogP contribution < -0.4 is 5.32 Å². The third-order valence-electron chi connectivity index (χ3n) is 9.37. The molecule has 0 unspecified atom stereocenters. The molecule has 0 aliphatic carbocycles. The third-order valence-corrected chi connectivity index (χ3v) is 9.37. The molecule has 1 amide bonds. The minimum Gasteiger partial charge on any atom is -0.321 e. The molecule has 1 N–H and O–H groups in total. The van der Waals surface area contributed by atoms with Gasteiger partial charge in [-0.25, -0.2) is 0 Å². The summed E-state index contributed by atoms with van der Waals surface area (Å²) in [4.78, 5) is 28.1. The monoisotopic (exact) mass is 657 g/mol. The van der Waals surface area contributed by atoms with Gasteiger partial charge in [-0.15, -0.1) is 0 Å². The van der Waals surface area contributed by atoms with Gasteiger partial charge in [0.15, 0.2) is 5.78 Å². The lowest BCUT2D eigenvalue weighted by Gasteiger charge is -2.19. The van der Waals surface area contributed by atoms with Crippen LogP contribution in [0.25, 0.3) is 60.9 Å². The molecule has 242 valence electrons. The van der Waals surface area contributed by atoms with Crippen LogP contribution in [0, 0.1) is 11.3 Å². The van der Waals surface area contributed by atoms with E-state index in [1.807, 2.05) is 121 Å². The Morgan fingerprint density at radius 3 is 2.00 bits per heavy atom. The van der Waals surface area contributed by atoms with E-state index in [2.05, 4.69) is 52.4 Å². The van der Waals surface area contributed by atoms with Crippen molar-refractivity contribution >= 4 is 39.2 Å². The zero-order chi connectivity index (χ0) is 34.9. The maximum absolute atomic E-state index is 14.4. The number of nitrogens with zero attached hydrogens (tertiary/aromatic N) is 2. The maximum Gasteiger partial charge on any atom is 0.256 e. The molecular weight excluding hydrogens is 627 g/mol. The molecular formula is C46H31N3O2. The SMILES string of the molecule is CC(=O)c1c(C(=O)Nc2cccc(-c3ccccc3)c2-c2ccccc2)cccc1-n1c2ccccc2c2ccc(-c3ccccc3C#N)cc21. The second-order valence-corrected chi connectivity index (χ2v) is 12.4. The first-order valence-corrected chi connectivity index (χ1v) is 16.8. The van der Waals surface area contributed by atoms with E-state index in [-0.39, 0.29) is 17.3 Å². The lowest BCUT2D eigenvalue weighted by molar-refractivity contribution is 0.0985. The van der Waals surface area contributed by atoms with Gasteiger partial charge in [-0.3, -0.25) is 9.59 Å². The summed E-state index contributed by atoms with van der Waals surface area (Å²) >= 11 is 0. The average molecular weight is 658 g/mol. The molecule has 5 nitrogen and oxygen atoms in total. The molecule has 7 aromatic carbocycles. The minimum absolute atomic E-state index is 0.228. The molecule has 1 heterocycles. The van der Waals surface area contributed by atoms with E-state index in [0.29, 0.717) is 22.5 Å². The fourth-order valence-corrected chi connectivity index (χ4v) is 7.14. The zero-order valence-electron chi connectivity index (χ0n) is 27.8. The van der Waals surface area contributed by atoms with Crippen LogP contribution in [-0.2, 0) is 0 Å². The number of nitriles is 1. The van der Waals surface area contributed by atoms with Gasteiger partial charge in [0.05, 0.1) is 39.5 Å². The second-order valence-electron chi connectivity index (χ2n) is 12.4. The van der Waals surface area contributed by atoms with Gasteiger partial charge < -0.3 is 9.88 Å². The molecule has 0 saturated carbocycles. The normalized spacial score (nSPS) is 11.0. The Hall–Kier alpha value is -7.03. The number of Topliss-reactive ketones (excluding diaryl/α,β-unsaturated/α-hetero) is 1. The van der Waals surface area contributed by atoms with Crippen LogP contribution in [-0.4, -0.2) is 16.3 Å². The first-order valence-electron chi connectivity index (χ1n) is 16.8. The summed E-state index contributed by atoms with van der Waals surface area (Å²) in [6.45, 7) is 1.50. The molecule has 0 aliphatic heterocycles. The Balaban J connectivity index is 1.30. The number of nitrogens with one attached hydrogen (secondary N) is 1. The standard InChI is InChI=1S/C46H31N3O2/c1-30(50)44-39(46(51)48-40-23-12-21-36(31-14-4-2-5-15-31)45(40)32-16-6-3-7-17-32)22-13-25-42(44)49-41-24-11-10-20-37(41)38-27-26-33(28-43(38)49)35-19-9-8-18-34(35)29-47/h2-28H,1H3,(H,48,51). The highest BCUT2D eigenvalue weighted by atomic mass is 16.2. The van der Waals surface area contributed by atoms with Gasteiger partial charge in [-0.05, 0) is 71.1 Å². The van der Waals surface area contributed by atoms with E-state index in [4.69, 9.17) is 0 Å². The molecule has 0 aliphatic rings. The van der Waals surface area contributed by atoms with E-state index in [9.17, 15) is 14.9 Å². The lowest BCUT2D eigenvalue weighted by atomic mass is 9.92. The number of para-hydroxylation sites is 1. The summed E-state index contributed by atoms with van der Waals surface area (Å²) < 4.78 is 2.06. The van der Waals surface area contributed by atoms with Crippen LogP contribution >= 0.6 is 0 Å². The molecule has 5 heteroatoms. The summed E-state index contributed by atoms with van der Waals surface area (Å²) in [5, 5.41) is 15.1. The van der Waals surface area contributed by atoms with Gasteiger partial charge in [0.1, 0.15) is 0 Å². The number of ketones is 1. The summed E-state index contributed by atoms with van der Waals surface area (Å²) in [5.41, 5.74) is 9.77. The maximum atomic E-state index is 14.4. The van der Waals surface area contributed by atoms with Gasteiger partial charge in [-0.2, -0.15) is 5.26 Å². The van der Waals surface area contributed by atoms with E-state index in [1.54, 1.807) is 6.07 Å². The fraction of sp³-hybridized carbons (Fsp3) is 0.0217. The molecule has 51 heavy (non-hydrogen) atoms. The smallest absolute Gasteiger partial charge is 0.256 e. The van der Waals surface area contributed by atoms with Gasteiger partial charge in [0, 0.05) is 22.0 Å². The molecule has 8 rings (SSSR count). The Labute approximate surface area is 295 Å². The van der Waals surface area contributed by atoms with Gasteiger partial charge in [0.25, 0.3) is 5.91 Å². The van der Waals surface area contributed by atoms with Crippen LogP contribution in [0.4, 0.5) is 5.69 Å². The molecule has 0 spiro atoms. The van der Waals surface area contributed by atoms with Crippen molar-refractivity contribution in [2.24, 2.45) is 0 Å². The first-order chi connectivity index (χ1) is 25.0. The topological polar surface area (TPSA) is 74.9 Å². The molecule has 0 radical (unpaired) electrons. The number of carbonyl (C=O) groups excluding carboxylic acids is 2. The van der Waals surface area contributed by atoms with Crippen LogP contribution in [0.1, 0.15) is 33.2 Å². The van der Waals surface area contributed by atoms with Crippen molar-refractivity contribution in [1.82, 2.24) is 4.57 Å². The van der Waals surface area contributed by atoms with Crippen LogP contribution in [0.2, 0.25) is 0 Å². The second kappa shape index (κ2) is 13.1. The van der Waals surface area contributed by atoms with Crippen molar-refractivity contribution in [2.45, 2.75) is 6.92 Å². The predicted octanol–water partition coefficient (Wildman–Crippen LogP) is 11.1. The van der Waals surface area contributed by atoms with Crippen LogP contribution in [0.15, 0.2) is 164 Å². The number of aromatic nitrogens is 1. The summed E-state index contributed by atoms with van der Waals surface area (Å²) in [6.07, 6.45) is 0. The van der Waals surface area contributed by atoms with Crippen LogP contribution in [0.5, 0.6) is 0 Å². The highest BCUT2D eigenvalue weighted by Crippen LogP contribution is 2.40. The Morgan fingerprint density at radius 1 is 0.588 bits per heavy atom. The van der Waals surface area contributed by atoms with Gasteiger partial charge in [-0.1, -0.05) is 127 Å². The van der Waals surface area contributed by atoms with E-state index < -0.39 is 0 Å². The van der Waals surface area contributed by atoms with E-state index in [1.165, 1.54) is 6.92 Å². The average Bonchev–Trinajstić information content (AvgIpc) is 3.51. The number of anilines is 1. The van der Waals surface area contributed by atoms with Crippen molar-refractivity contribution in [2.75, 3.05) is 5.32 Å². The lowest BCUT2D eigenvalue weighted by Crippen LogP contribution is -2.18. The highest BCUT2D eigenvalue weighted by Gasteiger charge is 2.24. The summed E-state index contributed by atoms with van der Waals surface area (Å²) in [7, 11) is 0. The fourth-order valence-electron chi connectivity index (χ4n) is 7.14. The van der Waals surface area contributed by atoms with Crippen molar-refractivity contribution < 1.29 is 9.59 Å². The Kier molecular flexibility index (Phi) is 8.04. The molecule has 0 atom stereocenters. The predicted molar refractivity (Wildman–Crippen MR) is 206 cm³/mol. The third kappa shape index (κ3) is 5.55. The van der Waals surface area contributed by atoms with E-state index in [0.717, 1.165) is 55.2 Å². The number of rotatable bonds is 7. The minimum atomic E-state index is -0.381. The zero-order valence-corrected chi connectivity index (χ0v) is 27.8. The number of benzene rings is 7. The number of fused-ring (bicyclic) bond motifs is 3. The number of hydrogen-bond acceptors (Lipinski definition) is 3. The first kappa shape index (κ1) is 31.3. The van der Waals surface area contributed by atoms with Gasteiger partial charge in [0.2, 0.25) is 0 Å². The molecule has 0 bridgehead atoms. The summed E-state index contributed by atoms with van der Waals surface area (Å²) in [5.74, 6) is -0.608.